The van der Waals surface area contributed by atoms with Gasteiger partial charge < -0.3 is 36.6 Å². The Bertz CT molecular complexity index is 771. The number of carbonyl (C=O) groups is 5. The molecule has 2 atom stereocenters. The van der Waals surface area contributed by atoms with Gasteiger partial charge in [-0.05, 0) is 37.8 Å². The van der Waals surface area contributed by atoms with E-state index in [1.54, 1.807) is 24.3 Å². The third-order valence-corrected chi connectivity index (χ3v) is 4.09. The molecule has 1 aromatic carbocycles. The molecule has 0 aromatic heterocycles. The van der Waals surface area contributed by atoms with Gasteiger partial charge in [-0.3, -0.25) is 4.79 Å². The molecule has 0 heterocycles. The summed E-state index contributed by atoms with van der Waals surface area (Å²) in [7, 11) is 0. The summed E-state index contributed by atoms with van der Waals surface area (Å²) in [5.41, 5.74) is 0.629. The zero-order valence-corrected chi connectivity index (χ0v) is 16.7. The van der Waals surface area contributed by atoms with E-state index in [4.69, 9.17) is 10.2 Å². The van der Waals surface area contributed by atoms with E-state index < -0.39 is 48.5 Å². The fourth-order valence-electron chi connectivity index (χ4n) is 2.51. The number of anilines is 1. The molecule has 1 aromatic rings. The summed E-state index contributed by atoms with van der Waals surface area (Å²) in [4.78, 5) is 56.6. The number of aliphatic carboxylic acids is 3. The number of benzene rings is 1. The average molecular weight is 438 g/mol. The van der Waals surface area contributed by atoms with Crippen molar-refractivity contribution in [3.8, 4) is 0 Å². The molecular formula is C19H26N4O8. The Hall–Kier alpha value is -3.83. The van der Waals surface area contributed by atoms with Crippen LogP contribution < -0.4 is 21.3 Å². The first-order valence-corrected chi connectivity index (χ1v) is 9.53. The SMILES string of the molecule is O=C(O)CCC(NC(=O)N[C@@H](CCCCNC(=O)Nc1ccccc1)C(=O)O)C(=O)O. The Morgan fingerprint density at radius 1 is 0.774 bits per heavy atom. The van der Waals surface area contributed by atoms with E-state index in [-0.39, 0.29) is 19.4 Å². The predicted octanol–water partition coefficient (Wildman–Crippen LogP) is 1.05. The van der Waals surface area contributed by atoms with E-state index in [1.165, 1.54) is 0 Å². The second-order valence-electron chi connectivity index (χ2n) is 6.57. The summed E-state index contributed by atoms with van der Waals surface area (Å²) >= 11 is 0. The monoisotopic (exact) mass is 438 g/mol. The van der Waals surface area contributed by atoms with Crippen LogP contribution in [0, 0.1) is 0 Å². The molecule has 0 radical (unpaired) electrons. The van der Waals surface area contributed by atoms with Crippen molar-refractivity contribution >= 4 is 35.7 Å². The smallest absolute Gasteiger partial charge is 0.326 e. The summed E-state index contributed by atoms with van der Waals surface area (Å²) in [6.07, 6.45) is 0.0600. The van der Waals surface area contributed by atoms with Crippen LogP contribution in [0.25, 0.3) is 0 Å². The minimum atomic E-state index is -1.46. The van der Waals surface area contributed by atoms with Crippen LogP contribution in [0.2, 0.25) is 0 Å². The first-order valence-electron chi connectivity index (χ1n) is 9.53. The Kier molecular flexibility index (Phi) is 10.9. The molecule has 0 aliphatic carbocycles. The first kappa shape index (κ1) is 25.2. The van der Waals surface area contributed by atoms with Gasteiger partial charge in [-0.25, -0.2) is 19.2 Å². The van der Waals surface area contributed by atoms with Crippen molar-refractivity contribution in [2.24, 2.45) is 0 Å². The van der Waals surface area contributed by atoms with E-state index in [9.17, 15) is 29.1 Å². The molecule has 1 rings (SSSR count). The van der Waals surface area contributed by atoms with Crippen molar-refractivity contribution in [1.82, 2.24) is 16.0 Å². The van der Waals surface area contributed by atoms with E-state index in [0.29, 0.717) is 18.5 Å². The molecule has 7 N–H and O–H groups in total. The molecule has 4 amide bonds. The summed E-state index contributed by atoms with van der Waals surface area (Å²) in [6.45, 7) is 0.285. The minimum Gasteiger partial charge on any atom is -0.481 e. The Labute approximate surface area is 178 Å². The highest BCUT2D eigenvalue weighted by molar-refractivity contribution is 5.89. The van der Waals surface area contributed by atoms with E-state index in [1.807, 2.05) is 6.07 Å². The van der Waals surface area contributed by atoms with Crippen LogP contribution in [0.4, 0.5) is 15.3 Å². The molecule has 0 aliphatic heterocycles. The van der Waals surface area contributed by atoms with Crippen LogP contribution in [0.15, 0.2) is 30.3 Å². The highest BCUT2D eigenvalue weighted by atomic mass is 16.4. The van der Waals surface area contributed by atoms with Crippen molar-refractivity contribution in [3.05, 3.63) is 30.3 Å². The molecular weight excluding hydrogens is 412 g/mol. The highest BCUT2D eigenvalue weighted by Gasteiger charge is 2.24. The lowest BCUT2D eigenvalue weighted by Gasteiger charge is -2.18. The van der Waals surface area contributed by atoms with Crippen molar-refractivity contribution < 1.29 is 39.3 Å². The number of nitrogens with one attached hydrogen (secondary N) is 4. The quantitative estimate of drug-likeness (QED) is 0.222. The maximum absolute atomic E-state index is 11.9. The van der Waals surface area contributed by atoms with Crippen molar-refractivity contribution in [1.29, 1.82) is 0 Å². The molecule has 0 aliphatic rings. The van der Waals surface area contributed by atoms with Gasteiger partial charge in [0.1, 0.15) is 12.1 Å². The van der Waals surface area contributed by atoms with Crippen LogP contribution >= 0.6 is 0 Å². The minimum absolute atomic E-state index is 0.0532. The molecule has 0 saturated carbocycles. The maximum atomic E-state index is 11.9. The summed E-state index contributed by atoms with van der Waals surface area (Å²) < 4.78 is 0. The third kappa shape index (κ3) is 11.1. The molecule has 0 fully saturated rings. The molecule has 1 unspecified atom stereocenters. The van der Waals surface area contributed by atoms with Crippen LogP contribution in [0.1, 0.15) is 32.1 Å². The zero-order valence-electron chi connectivity index (χ0n) is 16.7. The molecule has 0 saturated heterocycles. The average Bonchev–Trinajstić information content (AvgIpc) is 2.70. The van der Waals surface area contributed by atoms with E-state index in [2.05, 4.69) is 21.3 Å². The largest absolute Gasteiger partial charge is 0.481 e. The van der Waals surface area contributed by atoms with Gasteiger partial charge in [0, 0.05) is 18.7 Å². The van der Waals surface area contributed by atoms with Gasteiger partial charge >= 0.3 is 30.0 Å². The number of carboxylic acids is 3. The Morgan fingerprint density at radius 2 is 1.35 bits per heavy atom. The molecule has 0 spiro atoms. The molecule has 170 valence electrons. The number of unbranched alkanes of at least 4 members (excludes halogenated alkanes) is 1. The summed E-state index contributed by atoms with van der Waals surface area (Å²) in [5, 5.41) is 36.4. The van der Waals surface area contributed by atoms with Crippen molar-refractivity contribution in [2.45, 2.75) is 44.2 Å². The topological polar surface area (TPSA) is 194 Å². The van der Waals surface area contributed by atoms with Gasteiger partial charge in [0.05, 0.1) is 0 Å². The highest BCUT2D eigenvalue weighted by Crippen LogP contribution is 2.05. The van der Waals surface area contributed by atoms with Gasteiger partial charge in [0.2, 0.25) is 0 Å². The van der Waals surface area contributed by atoms with Crippen molar-refractivity contribution in [3.63, 3.8) is 0 Å². The number of hydrogen-bond donors (Lipinski definition) is 7. The molecule has 12 nitrogen and oxygen atoms in total. The van der Waals surface area contributed by atoms with E-state index >= 15 is 0 Å². The van der Waals surface area contributed by atoms with E-state index in [0.717, 1.165) is 0 Å². The van der Waals surface area contributed by atoms with Crippen LogP contribution in [0.5, 0.6) is 0 Å². The number of rotatable bonds is 13. The Morgan fingerprint density at radius 3 is 1.90 bits per heavy atom. The van der Waals surface area contributed by atoms with Gasteiger partial charge in [-0.1, -0.05) is 18.2 Å². The van der Waals surface area contributed by atoms with Gasteiger partial charge in [-0.15, -0.1) is 0 Å². The zero-order chi connectivity index (χ0) is 23.2. The Balaban J connectivity index is 2.35. The third-order valence-electron chi connectivity index (χ3n) is 4.09. The number of carboxylic acid groups (broad SMARTS) is 3. The number of carbonyl (C=O) groups excluding carboxylic acids is 2. The first-order chi connectivity index (χ1) is 14.7. The second kappa shape index (κ2) is 13.4. The number of para-hydroxylation sites is 1. The summed E-state index contributed by atoms with van der Waals surface area (Å²) in [5.74, 6) is -3.95. The summed E-state index contributed by atoms with van der Waals surface area (Å²) in [6, 6.07) is 4.66. The fourth-order valence-corrected chi connectivity index (χ4v) is 2.51. The van der Waals surface area contributed by atoms with Gasteiger partial charge in [-0.2, -0.15) is 0 Å². The number of hydrogen-bond acceptors (Lipinski definition) is 5. The van der Waals surface area contributed by atoms with Crippen molar-refractivity contribution in [2.75, 3.05) is 11.9 Å². The predicted molar refractivity (Wildman–Crippen MR) is 109 cm³/mol. The lowest BCUT2D eigenvalue weighted by atomic mass is 10.1. The van der Waals surface area contributed by atoms with Crippen LogP contribution in [0.3, 0.4) is 0 Å². The van der Waals surface area contributed by atoms with Crippen LogP contribution in [-0.2, 0) is 14.4 Å². The normalized spacial score (nSPS) is 12.1. The second-order valence-corrected chi connectivity index (χ2v) is 6.57. The standard InChI is InChI=1S/C19H26N4O8/c24-15(25)10-9-14(17(28)29)23-19(31)22-13(16(26)27)8-4-5-11-20-18(30)21-12-6-2-1-3-7-12/h1-3,6-7,13-14H,4-5,8-11H2,(H,24,25)(H,26,27)(H,28,29)(H2,20,21,30)(H2,22,23,31)/t13-,14?/m0/s1. The fraction of sp³-hybridized carbons (Fsp3) is 0.421. The van der Waals surface area contributed by atoms with Gasteiger partial charge in [0.25, 0.3) is 0 Å². The molecule has 0 bridgehead atoms. The number of urea groups is 2. The molecule has 31 heavy (non-hydrogen) atoms. The van der Waals surface area contributed by atoms with Gasteiger partial charge in [0.15, 0.2) is 0 Å². The van der Waals surface area contributed by atoms with Crippen LogP contribution in [-0.4, -0.2) is 63.9 Å². The maximum Gasteiger partial charge on any atom is 0.326 e. The lowest BCUT2D eigenvalue weighted by Crippen LogP contribution is -2.51. The molecule has 12 heteroatoms. The number of amides is 4. The lowest BCUT2D eigenvalue weighted by molar-refractivity contribution is -0.140.